The zero-order valence-electron chi connectivity index (χ0n) is 16.4. The second kappa shape index (κ2) is 9.63. The summed E-state index contributed by atoms with van der Waals surface area (Å²) in [6.07, 6.45) is 0. The molecule has 0 spiro atoms. The average Bonchev–Trinajstić information content (AvgIpc) is 3.45. The molecule has 2 aromatic heterocycles. The van der Waals surface area contributed by atoms with Gasteiger partial charge in [-0.25, -0.2) is 19.0 Å². The van der Waals surface area contributed by atoms with Crippen LogP contribution in [0, 0.1) is 5.82 Å². The summed E-state index contributed by atoms with van der Waals surface area (Å²) < 4.78 is 19.2. The fourth-order valence-corrected chi connectivity index (χ4v) is 5.65. The normalized spacial score (nSPS) is 16.1. The maximum atomic E-state index is 13.2. The van der Waals surface area contributed by atoms with Gasteiger partial charge in [0.05, 0.1) is 23.9 Å². The highest BCUT2D eigenvalue weighted by Gasteiger charge is 2.34. The molecule has 160 valence electrons. The number of nitrogens with one attached hydrogen (secondary N) is 2. The first kappa shape index (κ1) is 21.5. The minimum Gasteiger partial charge on any atom is -0.463 e. The largest absolute Gasteiger partial charge is 0.463 e. The van der Waals surface area contributed by atoms with Crippen LogP contribution in [0.4, 0.5) is 9.18 Å². The number of hydrogen-bond donors (Lipinski definition) is 2. The van der Waals surface area contributed by atoms with Crippen molar-refractivity contribution >= 4 is 46.4 Å². The Morgan fingerprint density at radius 3 is 2.77 bits per heavy atom. The number of ether oxygens (including phenoxy) is 1. The first-order valence-corrected chi connectivity index (χ1v) is 12.1. The molecule has 2 N–H and O–H groups in total. The summed E-state index contributed by atoms with van der Waals surface area (Å²) >= 11 is 4.33. The first-order chi connectivity index (χ1) is 15.0. The lowest BCUT2D eigenvalue weighted by Gasteiger charge is -2.28. The number of thiazole rings is 1. The Bertz CT molecular complexity index is 1110. The topological polar surface area (TPSA) is 80.3 Å². The van der Waals surface area contributed by atoms with E-state index in [-0.39, 0.29) is 18.5 Å². The maximum absolute atomic E-state index is 13.2. The first-order valence-electron chi connectivity index (χ1n) is 9.40. The van der Waals surface area contributed by atoms with Crippen molar-refractivity contribution in [1.29, 1.82) is 0 Å². The number of esters is 1. The number of aromatic nitrogens is 1. The van der Waals surface area contributed by atoms with Crippen molar-refractivity contribution in [2.45, 2.75) is 17.3 Å². The third-order valence-electron chi connectivity index (χ3n) is 4.44. The van der Waals surface area contributed by atoms with Crippen molar-refractivity contribution in [3.8, 4) is 11.3 Å². The van der Waals surface area contributed by atoms with Crippen molar-refractivity contribution in [3.05, 3.63) is 69.1 Å². The summed E-state index contributed by atoms with van der Waals surface area (Å²) in [7, 11) is 0. The van der Waals surface area contributed by atoms with Crippen molar-refractivity contribution in [2.75, 3.05) is 12.4 Å². The molecule has 0 bridgehead atoms. The van der Waals surface area contributed by atoms with Crippen molar-refractivity contribution in [1.82, 2.24) is 15.6 Å². The van der Waals surface area contributed by atoms with Crippen LogP contribution in [-0.2, 0) is 9.53 Å². The van der Waals surface area contributed by atoms with Crippen LogP contribution in [0.1, 0.15) is 17.8 Å². The van der Waals surface area contributed by atoms with Gasteiger partial charge in [-0.05, 0) is 42.6 Å². The van der Waals surface area contributed by atoms with Crippen LogP contribution >= 0.6 is 34.4 Å². The zero-order valence-corrected chi connectivity index (χ0v) is 18.8. The summed E-state index contributed by atoms with van der Waals surface area (Å²) in [6, 6.07) is 8.97. The van der Waals surface area contributed by atoms with Gasteiger partial charge in [0.15, 0.2) is 4.34 Å². The molecule has 10 heteroatoms. The van der Waals surface area contributed by atoms with Gasteiger partial charge < -0.3 is 15.4 Å². The summed E-state index contributed by atoms with van der Waals surface area (Å²) in [4.78, 5) is 30.4. The van der Waals surface area contributed by atoms with Crippen molar-refractivity contribution < 1.29 is 18.7 Å². The van der Waals surface area contributed by atoms with Crippen LogP contribution in [0.3, 0.4) is 0 Å². The molecule has 3 aromatic rings. The molecule has 1 aliphatic heterocycles. The number of amides is 2. The molecule has 2 amide bonds. The van der Waals surface area contributed by atoms with E-state index in [4.69, 9.17) is 4.74 Å². The van der Waals surface area contributed by atoms with Crippen molar-refractivity contribution in [2.24, 2.45) is 0 Å². The Morgan fingerprint density at radius 1 is 1.26 bits per heavy atom. The Labute approximate surface area is 190 Å². The van der Waals surface area contributed by atoms with Crippen LogP contribution in [0.15, 0.2) is 62.8 Å². The lowest BCUT2D eigenvalue weighted by atomic mass is 10.0. The third-order valence-corrected chi connectivity index (χ3v) is 7.42. The highest BCUT2D eigenvalue weighted by Crippen LogP contribution is 2.34. The van der Waals surface area contributed by atoms with Gasteiger partial charge in [0.25, 0.3) is 0 Å². The Hall–Kier alpha value is -2.69. The van der Waals surface area contributed by atoms with E-state index in [1.807, 2.05) is 22.9 Å². The van der Waals surface area contributed by atoms with Gasteiger partial charge in [-0.2, -0.15) is 0 Å². The van der Waals surface area contributed by atoms with E-state index in [0.717, 1.165) is 20.5 Å². The molecule has 1 aromatic carbocycles. The van der Waals surface area contributed by atoms with Gasteiger partial charge in [-0.15, -0.1) is 22.7 Å². The molecule has 1 atom stereocenters. The standard InChI is InChI=1S/C21H18FN3O3S3/c1-2-28-19(26)17-15(23-20(27)25-18(17)16-4-3-9-29-16)11-31-21-24-14(10-30-21)12-5-7-13(22)8-6-12/h3-10,18H,2,11H2,1H3,(H2,23,25,27)/t18-/m1/s1. The highest BCUT2D eigenvalue weighted by molar-refractivity contribution is 8.01. The van der Waals surface area contributed by atoms with Crippen LogP contribution in [0.25, 0.3) is 11.3 Å². The lowest BCUT2D eigenvalue weighted by Crippen LogP contribution is -2.46. The smallest absolute Gasteiger partial charge is 0.338 e. The van der Waals surface area contributed by atoms with E-state index >= 15 is 0 Å². The van der Waals surface area contributed by atoms with Crippen LogP contribution < -0.4 is 10.6 Å². The molecule has 6 nitrogen and oxygen atoms in total. The summed E-state index contributed by atoms with van der Waals surface area (Å²) in [5.74, 6) is -0.413. The number of carbonyl (C=O) groups excluding carboxylic acids is 2. The van der Waals surface area contributed by atoms with Gasteiger partial charge in [0.1, 0.15) is 5.82 Å². The fourth-order valence-electron chi connectivity index (χ4n) is 3.06. The molecule has 0 fully saturated rings. The molecule has 0 saturated heterocycles. The van der Waals surface area contributed by atoms with E-state index in [2.05, 4.69) is 15.6 Å². The zero-order chi connectivity index (χ0) is 21.8. The number of thiophene rings is 1. The number of halogens is 1. The number of thioether (sulfide) groups is 1. The Morgan fingerprint density at radius 2 is 2.06 bits per heavy atom. The predicted molar refractivity (Wildman–Crippen MR) is 121 cm³/mol. The monoisotopic (exact) mass is 475 g/mol. The molecule has 0 radical (unpaired) electrons. The second-order valence-corrected chi connectivity index (χ2v) is 9.51. The number of hydrogen-bond acceptors (Lipinski definition) is 7. The third kappa shape index (κ3) is 4.97. The summed E-state index contributed by atoms with van der Waals surface area (Å²) in [5, 5.41) is 9.37. The van der Waals surface area contributed by atoms with E-state index in [0.29, 0.717) is 17.0 Å². The molecule has 1 aliphatic rings. The molecule has 3 heterocycles. The Balaban J connectivity index is 1.58. The van der Waals surface area contributed by atoms with Gasteiger partial charge in [0, 0.05) is 27.3 Å². The minimum atomic E-state index is -0.561. The van der Waals surface area contributed by atoms with E-state index in [9.17, 15) is 14.0 Å². The Kier molecular flexibility index (Phi) is 6.69. The van der Waals surface area contributed by atoms with Gasteiger partial charge in [-0.1, -0.05) is 17.8 Å². The summed E-state index contributed by atoms with van der Waals surface area (Å²) in [5.41, 5.74) is 2.47. The molecule has 4 rings (SSSR count). The minimum absolute atomic E-state index is 0.237. The lowest BCUT2D eigenvalue weighted by molar-refractivity contribution is -0.139. The van der Waals surface area contributed by atoms with Crippen LogP contribution in [0.5, 0.6) is 0 Å². The quantitative estimate of drug-likeness (QED) is 0.372. The summed E-state index contributed by atoms with van der Waals surface area (Å²) in [6.45, 7) is 1.98. The molecule has 0 unspecified atom stereocenters. The number of nitrogens with zero attached hydrogens (tertiary/aromatic N) is 1. The molecule has 31 heavy (non-hydrogen) atoms. The molecule has 0 saturated carbocycles. The van der Waals surface area contributed by atoms with Crippen molar-refractivity contribution in [3.63, 3.8) is 0 Å². The fraction of sp³-hybridized carbons (Fsp3) is 0.190. The predicted octanol–water partition coefficient (Wildman–Crippen LogP) is 4.97. The SMILES string of the molecule is CCOC(=O)C1=C(CSc2nc(-c3ccc(F)cc3)cs2)NC(=O)N[C@@H]1c1cccs1. The molecular weight excluding hydrogens is 457 g/mol. The van der Waals surface area contributed by atoms with Gasteiger partial charge in [0.2, 0.25) is 0 Å². The van der Waals surface area contributed by atoms with Gasteiger partial charge >= 0.3 is 12.0 Å². The van der Waals surface area contributed by atoms with E-state index < -0.39 is 12.0 Å². The molecular formula is C21H18FN3O3S3. The van der Waals surface area contributed by atoms with E-state index in [1.54, 1.807) is 19.1 Å². The highest BCUT2D eigenvalue weighted by atomic mass is 32.2. The average molecular weight is 476 g/mol. The number of carbonyl (C=O) groups is 2. The number of urea groups is 1. The van der Waals surface area contributed by atoms with E-state index in [1.165, 1.54) is 46.6 Å². The maximum Gasteiger partial charge on any atom is 0.338 e. The van der Waals surface area contributed by atoms with Crippen LogP contribution in [-0.4, -0.2) is 29.3 Å². The van der Waals surface area contributed by atoms with Gasteiger partial charge in [-0.3, -0.25) is 0 Å². The number of benzene rings is 1. The second-order valence-electron chi connectivity index (χ2n) is 6.45. The van der Waals surface area contributed by atoms with Crippen LogP contribution in [0.2, 0.25) is 0 Å². The molecule has 0 aliphatic carbocycles. The number of rotatable bonds is 7.